The molecule has 2 aliphatic rings. The summed E-state index contributed by atoms with van der Waals surface area (Å²) in [4.78, 5) is 70.5. The van der Waals surface area contributed by atoms with E-state index in [1.807, 2.05) is 13.0 Å². The molecule has 0 aliphatic heterocycles. The summed E-state index contributed by atoms with van der Waals surface area (Å²) in [7, 11) is -10.2. The minimum Gasteiger partial charge on any atom is -0.492 e. The second kappa shape index (κ2) is 9.19. The zero-order valence-corrected chi connectivity index (χ0v) is 19.4. The zero-order valence-electron chi connectivity index (χ0n) is 17.6. The molecule has 32 heavy (non-hydrogen) atoms. The second-order valence-electron chi connectivity index (χ2n) is 7.03. The molecule has 0 spiro atoms. The summed E-state index contributed by atoms with van der Waals surface area (Å²) in [5.41, 5.74) is -2.06. The topological polar surface area (TPSA) is 175 Å². The van der Waals surface area contributed by atoms with Crippen molar-refractivity contribution in [2.24, 2.45) is 0 Å². The van der Waals surface area contributed by atoms with E-state index in [4.69, 9.17) is 24.3 Å². The third-order valence-corrected chi connectivity index (χ3v) is 6.23. The minimum atomic E-state index is -5.08. The van der Waals surface area contributed by atoms with E-state index in [0.29, 0.717) is 6.61 Å². The molecule has 0 aromatic heterocycles. The van der Waals surface area contributed by atoms with Crippen LogP contribution in [0, 0.1) is 20.8 Å². The lowest BCUT2D eigenvalue weighted by atomic mass is 9.89. The monoisotopic (exact) mass is 484 g/mol. The number of fused-ring (bicyclic) bond motifs is 2. The Bertz CT molecular complexity index is 1140. The Labute approximate surface area is 183 Å². The van der Waals surface area contributed by atoms with E-state index in [1.54, 1.807) is 12.1 Å². The van der Waals surface area contributed by atoms with Gasteiger partial charge in [0.05, 0.1) is 17.7 Å². The lowest BCUT2D eigenvalue weighted by Gasteiger charge is -2.20. The Balaban J connectivity index is 0.000000273. The molecule has 0 amide bonds. The van der Waals surface area contributed by atoms with Gasteiger partial charge in [-0.3, -0.25) is 23.5 Å². The van der Waals surface area contributed by atoms with Crippen LogP contribution in [-0.2, 0) is 9.13 Å². The van der Waals surface area contributed by atoms with Gasteiger partial charge in [0.25, 0.3) is 11.0 Å². The summed E-state index contributed by atoms with van der Waals surface area (Å²) in [5.74, 6) is 0.899. The molecule has 12 heteroatoms. The summed E-state index contributed by atoms with van der Waals surface area (Å²) < 4.78 is 27.5. The van der Waals surface area contributed by atoms with Gasteiger partial charge in [-0.2, -0.15) is 0 Å². The fraction of sp³-hybridized carbons (Fsp3) is 0.250. The van der Waals surface area contributed by atoms with Crippen LogP contribution in [0.25, 0.3) is 0 Å². The minimum absolute atomic E-state index is 0.121. The Morgan fingerprint density at radius 2 is 1.28 bits per heavy atom. The van der Waals surface area contributed by atoms with Gasteiger partial charge in [0.2, 0.25) is 5.78 Å². The van der Waals surface area contributed by atoms with Crippen molar-refractivity contribution in [3.05, 3.63) is 63.2 Å². The molecule has 0 heterocycles. The number of ketones is 1. The Hall–Kier alpha value is -2.45. The van der Waals surface area contributed by atoms with Gasteiger partial charge in [0, 0.05) is 11.1 Å². The highest BCUT2D eigenvalue weighted by atomic mass is 31.2. The van der Waals surface area contributed by atoms with Crippen LogP contribution in [0.15, 0.2) is 24.3 Å². The van der Waals surface area contributed by atoms with Crippen molar-refractivity contribution < 1.29 is 47.8 Å². The number of carbonyl (C=O) groups is 3. The molecule has 172 valence electrons. The van der Waals surface area contributed by atoms with Crippen molar-refractivity contribution in [3.8, 4) is 5.75 Å². The summed E-state index contributed by atoms with van der Waals surface area (Å²) in [5, 5.41) is 0. The number of aryl methyl sites for hydroxylation is 2. The van der Waals surface area contributed by atoms with E-state index in [-0.39, 0.29) is 22.5 Å². The van der Waals surface area contributed by atoms with Crippen molar-refractivity contribution in [1.29, 1.82) is 0 Å². The second-order valence-corrected chi connectivity index (χ2v) is 10.0. The van der Waals surface area contributed by atoms with Crippen LogP contribution in [-0.4, -0.2) is 43.0 Å². The highest BCUT2D eigenvalue weighted by Gasteiger charge is 2.36. The summed E-state index contributed by atoms with van der Waals surface area (Å²) in [6.07, 6.45) is 0. The molecule has 2 bridgehead atoms. The average Bonchev–Trinajstić information content (AvgIpc) is 2.67. The molecule has 0 saturated heterocycles. The van der Waals surface area contributed by atoms with Crippen molar-refractivity contribution in [3.63, 3.8) is 0 Å². The Morgan fingerprint density at radius 1 is 0.875 bits per heavy atom. The molecule has 2 aromatic carbocycles. The Kier molecular flexibility index (Phi) is 7.41. The number of carbonyl (C=O) groups excluding carboxylic acids is 3. The van der Waals surface area contributed by atoms with Crippen LogP contribution in [0.5, 0.6) is 5.75 Å². The smallest absolute Gasteiger partial charge is 0.396 e. The number of benzene rings is 2. The Morgan fingerprint density at radius 3 is 1.59 bits per heavy atom. The molecule has 0 saturated carbocycles. The average molecular weight is 484 g/mol. The van der Waals surface area contributed by atoms with Gasteiger partial charge in [0.15, 0.2) is 0 Å². The van der Waals surface area contributed by atoms with Crippen LogP contribution < -0.4 is 4.74 Å². The maximum atomic E-state index is 11.8. The molecule has 0 fully saturated rings. The molecule has 10 nitrogen and oxygen atoms in total. The lowest BCUT2D eigenvalue weighted by molar-refractivity contribution is 0.100. The first-order valence-electron chi connectivity index (χ1n) is 9.25. The predicted molar refractivity (Wildman–Crippen MR) is 114 cm³/mol. The summed E-state index contributed by atoms with van der Waals surface area (Å²) >= 11 is 0. The third-order valence-electron chi connectivity index (χ3n) is 4.72. The van der Waals surface area contributed by atoms with Crippen molar-refractivity contribution in [2.75, 3.05) is 6.61 Å². The van der Waals surface area contributed by atoms with E-state index in [9.17, 15) is 23.5 Å². The van der Waals surface area contributed by atoms with Crippen LogP contribution in [0.2, 0.25) is 0 Å². The molecule has 4 N–H and O–H groups in total. The number of para-hydroxylation sites is 1. The summed E-state index contributed by atoms with van der Waals surface area (Å²) in [6, 6.07) is 6.73. The maximum absolute atomic E-state index is 11.8. The van der Waals surface area contributed by atoms with E-state index in [2.05, 4.69) is 0 Å². The quantitative estimate of drug-likeness (QED) is 0.381. The van der Waals surface area contributed by atoms with Gasteiger partial charge >= 0.3 is 15.2 Å². The van der Waals surface area contributed by atoms with Gasteiger partial charge in [-0.1, -0.05) is 12.1 Å². The third kappa shape index (κ3) is 4.96. The maximum Gasteiger partial charge on any atom is 0.396 e. The molecule has 0 radical (unpaired) electrons. The number of ether oxygens (including phenoxy) is 1. The summed E-state index contributed by atoms with van der Waals surface area (Å²) in [6.45, 7) is 6.57. The molecule has 0 atom stereocenters. The first-order valence-corrected chi connectivity index (χ1v) is 12.5. The van der Waals surface area contributed by atoms with Gasteiger partial charge in [0.1, 0.15) is 5.75 Å². The molecular formula is C20H22O10P2. The lowest BCUT2D eigenvalue weighted by Crippen LogP contribution is -2.17. The fourth-order valence-corrected chi connectivity index (χ4v) is 4.68. The molecular weight excluding hydrogens is 462 g/mol. The number of rotatable bonds is 6. The predicted octanol–water partition coefficient (Wildman–Crippen LogP) is 2.88. The first-order chi connectivity index (χ1) is 14.6. The molecule has 2 aliphatic carbocycles. The van der Waals surface area contributed by atoms with Gasteiger partial charge in [-0.05, 0) is 56.5 Å². The van der Waals surface area contributed by atoms with Gasteiger partial charge in [-0.25, -0.2) is 0 Å². The van der Waals surface area contributed by atoms with Crippen molar-refractivity contribution in [1.82, 2.24) is 0 Å². The van der Waals surface area contributed by atoms with Crippen LogP contribution >= 0.6 is 15.2 Å². The number of hydrogen-bond donors (Lipinski definition) is 4. The fourth-order valence-electron chi connectivity index (χ4n) is 3.41. The van der Waals surface area contributed by atoms with Crippen LogP contribution in [0.1, 0.15) is 60.3 Å². The van der Waals surface area contributed by atoms with E-state index in [1.165, 1.54) is 26.8 Å². The zero-order chi connectivity index (χ0) is 24.6. The van der Waals surface area contributed by atoms with Gasteiger partial charge in [-0.15, -0.1) is 0 Å². The normalized spacial score (nSPS) is 12.4. The molecule has 2 aromatic rings. The van der Waals surface area contributed by atoms with Crippen molar-refractivity contribution in [2.45, 2.75) is 27.7 Å². The SMILES string of the molecule is CCOc1c2cccc1C2=O.Cc1cc(C)c(C(=O)P(=O)(O)O)c(C)c1C(=O)P(=O)(O)O. The van der Waals surface area contributed by atoms with E-state index < -0.39 is 37.4 Å². The first kappa shape index (κ1) is 25.8. The largest absolute Gasteiger partial charge is 0.492 e. The highest BCUT2D eigenvalue weighted by Crippen LogP contribution is 2.45. The number of hydrogen-bond acceptors (Lipinski definition) is 6. The molecule has 0 unspecified atom stereocenters. The van der Waals surface area contributed by atoms with Crippen molar-refractivity contribution >= 4 is 32.0 Å². The highest BCUT2D eigenvalue weighted by molar-refractivity contribution is 7.71. The van der Waals surface area contributed by atoms with Gasteiger partial charge < -0.3 is 24.3 Å². The van der Waals surface area contributed by atoms with E-state index >= 15 is 0 Å². The standard InChI is InChI=1S/C11H14O8P2.C9H8O2/c1-5-4-6(2)9(11(13)21(17,18)19)7(3)8(5)10(12)20(14,15)16;1-2-11-9-6-4-3-5-7(9)8(6)10/h4H,1-3H3,(H2,14,15,16)(H2,17,18,19);3-5H,2H2,1H3. The van der Waals surface area contributed by atoms with E-state index in [0.717, 1.165) is 16.9 Å². The van der Waals surface area contributed by atoms with Crippen LogP contribution in [0.4, 0.5) is 0 Å². The van der Waals surface area contributed by atoms with Crippen LogP contribution in [0.3, 0.4) is 0 Å². The molecule has 4 rings (SSSR count).